The van der Waals surface area contributed by atoms with Gasteiger partial charge in [0.25, 0.3) is 0 Å². The topological polar surface area (TPSA) is 209 Å². The molecule has 4 amide bonds. The number of hydrogen-bond acceptors (Lipinski definition) is 7. The van der Waals surface area contributed by atoms with Crippen LogP contribution in [0.5, 0.6) is 0 Å². The summed E-state index contributed by atoms with van der Waals surface area (Å²) in [4.78, 5) is 65.1. The molecule has 2 aromatic rings. The number of primary amides is 1. The van der Waals surface area contributed by atoms with Crippen molar-refractivity contribution in [3.8, 4) is 0 Å². The van der Waals surface area contributed by atoms with Crippen molar-refractivity contribution in [3.05, 3.63) is 36.0 Å². The van der Waals surface area contributed by atoms with E-state index in [2.05, 4.69) is 33.6 Å². The van der Waals surface area contributed by atoms with Crippen molar-refractivity contribution >= 4 is 53.1 Å². The minimum atomic E-state index is -1.29. The number of fused-ring (bicyclic) bond motifs is 1. The van der Waals surface area contributed by atoms with Gasteiger partial charge >= 0.3 is 5.97 Å². The fraction of sp³-hybridized carbons (Fsp3) is 0.480. The van der Waals surface area contributed by atoms with Crippen LogP contribution in [0.4, 0.5) is 0 Å². The molecule has 38 heavy (non-hydrogen) atoms. The molecular formula is C25H36N6O6S. The van der Waals surface area contributed by atoms with E-state index in [1.54, 1.807) is 13.1 Å². The summed E-state index contributed by atoms with van der Waals surface area (Å²) in [5, 5.41) is 17.7. The molecule has 0 aliphatic rings. The van der Waals surface area contributed by atoms with Crippen LogP contribution in [0.2, 0.25) is 0 Å². The Kier molecular flexibility index (Phi) is 11.6. The third-order valence-electron chi connectivity index (χ3n) is 6.40. The lowest BCUT2D eigenvalue weighted by Crippen LogP contribution is -2.58. The fourth-order valence-electron chi connectivity index (χ4n) is 3.80. The molecule has 12 nitrogen and oxygen atoms in total. The number of nitrogens with one attached hydrogen (secondary N) is 4. The number of carbonyl (C=O) groups excluding carboxylic acids is 4. The summed E-state index contributed by atoms with van der Waals surface area (Å²) in [6.07, 6.45) is 2.04. The molecule has 0 saturated heterocycles. The number of amides is 4. The Hall–Kier alpha value is -3.58. The second-order valence-corrected chi connectivity index (χ2v) is 9.55. The van der Waals surface area contributed by atoms with Crippen LogP contribution in [-0.2, 0) is 30.4 Å². The number of thiol groups is 1. The van der Waals surface area contributed by atoms with Gasteiger partial charge in [-0.2, -0.15) is 12.6 Å². The summed E-state index contributed by atoms with van der Waals surface area (Å²) in [7, 11) is 0. The largest absolute Gasteiger partial charge is 0.480 e. The fourth-order valence-corrected chi connectivity index (χ4v) is 4.04. The normalized spacial score (nSPS) is 15.1. The van der Waals surface area contributed by atoms with E-state index in [0.717, 1.165) is 10.9 Å². The summed E-state index contributed by atoms with van der Waals surface area (Å²) in [6.45, 7) is 3.67. The van der Waals surface area contributed by atoms with Gasteiger partial charge in [-0.1, -0.05) is 38.5 Å². The maximum absolute atomic E-state index is 13.3. The van der Waals surface area contributed by atoms with Crippen LogP contribution in [-0.4, -0.2) is 69.6 Å². The zero-order valence-corrected chi connectivity index (χ0v) is 22.3. The van der Waals surface area contributed by atoms with Crippen molar-refractivity contribution in [2.45, 2.75) is 63.7 Å². The smallest absolute Gasteiger partial charge is 0.327 e. The van der Waals surface area contributed by atoms with Gasteiger partial charge < -0.3 is 37.5 Å². The first kappa shape index (κ1) is 30.6. The Morgan fingerprint density at radius 2 is 1.61 bits per heavy atom. The van der Waals surface area contributed by atoms with Gasteiger partial charge in [0.05, 0.1) is 6.04 Å². The predicted molar refractivity (Wildman–Crippen MR) is 145 cm³/mol. The predicted octanol–water partition coefficient (Wildman–Crippen LogP) is -0.182. The van der Waals surface area contributed by atoms with Crippen molar-refractivity contribution in [2.24, 2.45) is 17.4 Å². The summed E-state index contributed by atoms with van der Waals surface area (Å²) >= 11 is 3.97. The molecule has 9 N–H and O–H groups in total. The standard InChI is InChI=1S/C25H36N6O6S/c1-3-13(2)21(27)24(35)29-17(8-9-20(26)32)22(33)30-18(23(34)31-19(12-38)25(36)37)10-14-11-28-16-7-5-4-6-15(14)16/h4-7,11,13,17-19,21,28,38H,3,8-10,12,27H2,1-2H3,(H2,26,32)(H,29,35)(H,30,33)(H,31,34)(H,36,37). The number of carboxylic acids is 1. The highest BCUT2D eigenvalue weighted by molar-refractivity contribution is 7.80. The second kappa shape index (κ2) is 14.4. The molecule has 0 aliphatic heterocycles. The summed E-state index contributed by atoms with van der Waals surface area (Å²) < 4.78 is 0. The molecule has 1 heterocycles. The second-order valence-electron chi connectivity index (χ2n) is 9.18. The number of aromatic amines is 1. The van der Waals surface area contributed by atoms with Crippen molar-refractivity contribution in [3.63, 3.8) is 0 Å². The number of para-hydroxylation sites is 1. The number of nitrogens with two attached hydrogens (primary N) is 2. The Morgan fingerprint density at radius 3 is 2.21 bits per heavy atom. The summed E-state index contributed by atoms with van der Waals surface area (Å²) in [5.74, 6) is -4.35. The van der Waals surface area contributed by atoms with Crippen LogP contribution in [0.1, 0.15) is 38.7 Å². The molecule has 0 bridgehead atoms. The Morgan fingerprint density at radius 1 is 1.00 bits per heavy atom. The van der Waals surface area contributed by atoms with Crippen LogP contribution in [0.25, 0.3) is 10.9 Å². The van der Waals surface area contributed by atoms with Gasteiger partial charge in [-0.3, -0.25) is 19.2 Å². The molecule has 13 heteroatoms. The Balaban J connectivity index is 2.32. The van der Waals surface area contributed by atoms with E-state index >= 15 is 0 Å². The van der Waals surface area contributed by atoms with E-state index in [1.807, 2.05) is 31.2 Å². The average molecular weight is 549 g/mol. The number of benzene rings is 1. The van der Waals surface area contributed by atoms with E-state index in [9.17, 15) is 29.1 Å². The lowest BCUT2D eigenvalue weighted by atomic mass is 9.98. The van der Waals surface area contributed by atoms with Gasteiger partial charge in [0.2, 0.25) is 23.6 Å². The summed E-state index contributed by atoms with van der Waals surface area (Å²) in [5.41, 5.74) is 12.8. The number of carboxylic acid groups (broad SMARTS) is 1. The summed E-state index contributed by atoms with van der Waals surface area (Å²) in [6, 6.07) is 2.78. The molecule has 208 valence electrons. The van der Waals surface area contributed by atoms with Crippen LogP contribution >= 0.6 is 12.6 Å². The van der Waals surface area contributed by atoms with Crippen LogP contribution < -0.4 is 27.4 Å². The minimum absolute atomic E-state index is 0.0172. The Bertz CT molecular complexity index is 1150. The van der Waals surface area contributed by atoms with Crippen LogP contribution in [0.3, 0.4) is 0 Å². The maximum atomic E-state index is 13.3. The highest BCUT2D eigenvalue weighted by atomic mass is 32.1. The highest BCUT2D eigenvalue weighted by Gasteiger charge is 2.31. The first-order valence-corrected chi connectivity index (χ1v) is 12.9. The molecule has 1 aromatic heterocycles. The van der Waals surface area contributed by atoms with Crippen molar-refractivity contribution in [2.75, 3.05) is 5.75 Å². The molecule has 1 aromatic carbocycles. The van der Waals surface area contributed by atoms with Crippen molar-refractivity contribution in [1.82, 2.24) is 20.9 Å². The van der Waals surface area contributed by atoms with Crippen LogP contribution in [0.15, 0.2) is 30.5 Å². The monoisotopic (exact) mass is 548 g/mol. The number of rotatable bonds is 15. The highest BCUT2D eigenvalue weighted by Crippen LogP contribution is 2.19. The number of aliphatic carboxylic acids is 1. The minimum Gasteiger partial charge on any atom is -0.480 e. The molecule has 2 rings (SSSR count). The lowest BCUT2D eigenvalue weighted by Gasteiger charge is -2.26. The number of hydrogen-bond donors (Lipinski definition) is 8. The van der Waals surface area contributed by atoms with E-state index in [-0.39, 0.29) is 30.9 Å². The third kappa shape index (κ3) is 8.48. The van der Waals surface area contributed by atoms with Crippen molar-refractivity contribution < 1.29 is 29.1 Å². The molecule has 5 unspecified atom stereocenters. The van der Waals surface area contributed by atoms with Gasteiger partial charge in [-0.15, -0.1) is 0 Å². The van der Waals surface area contributed by atoms with E-state index in [4.69, 9.17) is 11.5 Å². The average Bonchev–Trinajstić information content (AvgIpc) is 3.30. The lowest BCUT2D eigenvalue weighted by molar-refractivity contribution is -0.141. The number of carbonyl (C=O) groups is 5. The van der Waals surface area contributed by atoms with Gasteiger partial charge in [0.15, 0.2) is 0 Å². The maximum Gasteiger partial charge on any atom is 0.327 e. The first-order chi connectivity index (χ1) is 18.0. The molecule has 0 spiro atoms. The number of aromatic nitrogens is 1. The zero-order valence-electron chi connectivity index (χ0n) is 21.4. The SMILES string of the molecule is CCC(C)C(N)C(=O)NC(CCC(N)=O)C(=O)NC(Cc1c[nH]c2ccccc12)C(=O)NC(CS)C(=O)O. The quantitative estimate of drug-likeness (QED) is 0.141. The molecular weight excluding hydrogens is 512 g/mol. The van der Waals surface area contributed by atoms with Gasteiger partial charge in [-0.25, -0.2) is 4.79 Å². The van der Waals surface area contributed by atoms with Gasteiger partial charge in [0, 0.05) is 35.7 Å². The number of H-pyrrole nitrogens is 1. The molecule has 0 radical (unpaired) electrons. The van der Waals surface area contributed by atoms with Crippen molar-refractivity contribution in [1.29, 1.82) is 0 Å². The van der Waals surface area contributed by atoms with E-state index in [0.29, 0.717) is 12.0 Å². The zero-order chi connectivity index (χ0) is 28.4. The molecule has 5 atom stereocenters. The van der Waals surface area contributed by atoms with Gasteiger partial charge in [-0.05, 0) is 24.0 Å². The van der Waals surface area contributed by atoms with E-state index < -0.39 is 53.8 Å². The van der Waals surface area contributed by atoms with Gasteiger partial charge in [0.1, 0.15) is 18.1 Å². The molecule has 0 saturated carbocycles. The molecule has 0 aliphatic carbocycles. The Labute approximate surface area is 226 Å². The van der Waals surface area contributed by atoms with E-state index in [1.165, 1.54) is 0 Å². The third-order valence-corrected chi connectivity index (χ3v) is 6.77. The van der Waals surface area contributed by atoms with Crippen LogP contribution in [0, 0.1) is 5.92 Å². The molecule has 0 fully saturated rings. The first-order valence-electron chi connectivity index (χ1n) is 12.3.